The van der Waals surface area contributed by atoms with Crippen LogP contribution in [0.5, 0.6) is 0 Å². The van der Waals surface area contributed by atoms with Crippen molar-refractivity contribution in [3.05, 3.63) is 21.9 Å². The van der Waals surface area contributed by atoms with Crippen LogP contribution < -0.4 is 10.6 Å². The Morgan fingerprint density at radius 3 is 3.12 bits per heavy atom. The molecule has 0 saturated carbocycles. The van der Waals surface area contributed by atoms with Crippen molar-refractivity contribution in [2.45, 2.75) is 38.8 Å². The van der Waals surface area contributed by atoms with Gasteiger partial charge in [0.1, 0.15) is 0 Å². The summed E-state index contributed by atoms with van der Waals surface area (Å²) in [7, 11) is 0. The summed E-state index contributed by atoms with van der Waals surface area (Å²) in [6.45, 7) is 3.80. The van der Waals surface area contributed by atoms with Crippen LogP contribution in [0.2, 0.25) is 0 Å². The second-order valence-electron chi connectivity index (χ2n) is 4.35. The summed E-state index contributed by atoms with van der Waals surface area (Å²) in [6, 6.07) is 0.392. The molecule has 4 heteroatoms. The van der Waals surface area contributed by atoms with E-state index in [1.165, 1.54) is 17.5 Å². The number of hydrogen-bond acceptors (Lipinski definition) is 3. The molecule has 1 aliphatic heterocycles. The topological polar surface area (TPSA) is 41.1 Å². The highest BCUT2D eigenvalue weighted by molar-refractivity contribution is 7.08. The minimum Gasteiger partial charge on any atom is -0.352 e. The SMILES string of the molecule is Cc1cscc1CNC(=O)CC1CCCN1. The van der Waals surface area contributed by atoms with Gasteiger partial charge in [-0.15, -0.1) is 0 Å². The first-order chi connectivity index (χ1) is 7.75. The monoisotopic (exact) mass is 238 g/mol. The third-order valence-corrected chi connectivity index (χ3v) is 3.94. The van der Waals surface area contributed by atoms with E-state index in [4.69, 9.17) is 0 Å². The van der Waals surface area contributed by atoms with Crippen molar-refractivity contribution in [1.82, 2.24) is 10.6 Å². The molecule has 1 fully saturated rings. The van der Waals surface area contributed by atoms with E-state index >= 15 is 0 Å². The molecule has 0 bridgehead atoms. The average molecular weight is 238 g/mol. The predicted octanol–water partition coefficient (Wildman–Crippen LogP) is 1.81. The van der Waals surface area contributed by atoms with E-state index in [1.807, 2.05) is 0 Å². The van der Waals surface area contributed by atoms with Gasteiger partial charge in [0, 0.05) is 19.0 Å². The smallest absolute Gasteiger partial charge is 0.221 e. The molecule has 0 aliphatic carbocycles. The molecule has 3 nitrogen and oxygen atoms in total. The second kappa shape index (κ2) is 5.46. The van der Waals surface area contributed by atoms with Gasteiger partial charge in [-0.05, 0) is 48.2 Å². The molecule has 1 unspecified atom stereocenters. The molecular formula is C12H18N2OS. The van der Waals surface area contributed by atoms with Crippen molar-refractivity contribution in [3.63, 3.8) is 0 Å². The number of amides is 1. The van der Waals surface area contributed by atoms with Crippen molar-refractivity contribution >= 4 is 17.2 Å². The van der Waals surface area contributed by atoms with E-state index in [1.54, 1.807) is 11.3 Å². The zero-order valence-corrected chi connectivity index (χ0v) is 10.4. The van der Waals surface area contributed by atoms with Gasteiger partial charge in [0.15, 0.2) is 0 Å². The molecule has 1 aromatic rings. The normalized spacial score (nSPS) is 19.9. The van der Waals surface area contributed by atoms with E-state index in [0.29, 0.717) is 19.0 Å². The fourth-order valence-electron chi connectivity index (χ4n) is 1.99. The minimum absolute atomic E-state index is 0.157. The van der Waals surface area contributed by atoms with Crippen LogP contribution in [-0.4, -0.2) is 18.5 Å². The zero-order valence-electron chi connectivity index (χ0n) is 9.58. The lowest BCUT2D eigenvalue weighted by Gasteiger charge is -2.10. The molecule has 1 atom stereocenters. The predicted molar refractivity (Wildman–Crippen MR) is 66.5 cm³/mol. The quantitative estimate of drug-likeness (QED) is 0.840. The lowest BCUT2D eigenvalue weighted by molar-refractivity contribution is -0.121. The summed E-state index contributed by atoms with van der Waals surface area (Å²) in [4.78, 5) is 11.7. The van der Waals surface area contributed by atoms with Crippen molar-refractivity contribution in [3.8, 4) is 0 Å². The van der Waals surface area contributed by atoms with E-state index in [-0.39, 0.29) is 5.91 Å². The number of aryl methyl sites for hydroxylation is 1. The zero-order chi connectivity index (χ0) is 11.4. The summed E-state index contributed by atoms with van der Waals surface area (Å²) in [6.07, 6.45) is 2.94. The minimum atomic E-state index is 0.157. The summed E-state index contributed by atoms with van der Waals surface area (Å²) in [5.41, 5.74) is 2.50. The Labute approximate surface area is 100 Å². The molecule has 1 saturated heterocycles. The molecule has 0 aromatic carbocycles. The van der Waals surface area contributed by atoms with Crippen LogP contribution in [0.3, 0.4) is 0 Å². The first-order valence-electron chi connectivity index (χ1n) is 5.77. The summed E-state index contributed by atoms with van der Waals surface area (Å²) < 4.78 is 0. The Balaban J connectivity index is 1.73. The number of thiophene rings is 1. The number of hydrogen-bond donors (Lipinski definition) is 2. The first-order valence-corrected chi connectivity index (χ1v) is 6.72. The molecule has 2 N–H and O–H groups in total. The number of carbonyl (C=O) groups is 1. The third kappa shape index (κ3) is 3.06. The maximum atomic E-state index is 11.7. The van der Waals surface area contributed by atoms with Crippen LogP contribution in [0.15, 0.2) is 10.8 Å². The van der Waals surface area contributed by atoms with Crippen molar-refractivity contribution < 1.29 is 4.79 Å². The molecule has 0 radical (unpaired) electrons. The van der Waals surface area contributed by atoms with Crippen LogP contribution in [0.4, 0.5) is 0 Å². The van der Waals surface area contributed by atoms with Crippen LogP contribution in [0.1, 0.15) is 30.4 Å². The summed E-state index contributed by atoms with van der Waals surface area (Å²) >= 11 is 1.69. The number of carbonyl (C=O) groups excluding carboxylic acids is 1. The Morgan fingerprint density at radius 1 is 1.62 bits per heavy atom. The van der Waals surface area contributed by atoms with Gasteiger partial charge in [-0.25, -0.2) is 0 Å². The van der Waals surface area contributed by atoms with Gasteiger partial charge < -0.3 is 10.6 Å². The summed E-state index contributed by atoms with van der Waals surface area (Å²) in [5, 5.41) is 10.5. The van der Waals surface area contributed by atoms with Crippen molar-refractivity contribution in [2.24, 2.45) is 0 Å². The van der Waals surface area contributed by atoms with Crippen LogP contribution in [0.25, 0.3) is 0 Å². The van der Waals surface area contributed by atoms with Crippen molar-refractivity contribution in [2.75, 3.05) is 6.54 Å². The highest BCUT2D eigenvalue weighted by atomic mass is 32.1. The maximum absolute atomic E-state index is 11.7. The fourth-order valence-corrected chi connectivity index (χ4v) is 2.85. The van der Waals surface area contributed by atoms with Crippen LogP contribution in [-0.2, 0) is 11.3 Å². The first kappa shape index (κ1) is 11.6. The molecule has 1 aliphatic rings. The molecule has 2 rings (SSSR count). The Kier molecular flexibility index (Phi) is 3.96. The van der Waals surface area contributed by atoms with Gasteiger partial charge in [0.05, 0.1) is 0 Å². The average Bonchev–Trinajstić information content (AvgIpc) is 2.87. The number of rotatable bonds is 4. The van der Waals surface area contributed by atoms with E-state index in [9.17, 15) is 4.79 Å². The van der Waals surface area contributed by atoms with Gasteiger partial charge in [-0.2, -0.15) is 11.3 Å². The largest absolute Gasteiger partial charge is 0.352 e. The van der Waals surface area contributed by atoms with Gasteiger partial charge in [0.25, 0.3) is 0 Å². The van der Waals surface area contributed by atoms with E-state index in [0.717, 1.165) is 13.0 Å². The van der Waals surface area contributed by atoms with E-state index in [2.05, 4.69) is 28.3 Å². The second-order valence-corrected chi connectivity index (χ2v) is 5.10. The molecule has 88 valence electrons. The lowest BCUT2D eigenvalue weighted by Crippen LogP contribution is -2.31. The van der Waals surface area contributed by atoms with Gasteiger partial charge in [0.2, 0.25) is 5.91 Å². The van der Waals surface area contributed by atoms with Crippen LogP contribution in [0, 0.1) is 6.92 Å². The Morgan fingerprint density at radius 2 is 2.50 bits per heavy atom. The third-order valence-electron chi connectivity index (χ3n) is 3.03. The standard InChI is InChI=1S/C12H18N2OS/c1-9-7-16-8-10(9)6-14-12(15)5-11-3-2-4-13-11/h7-8,11,13H,2-6H2,1H3,(H,14,15). The van der Waals surface area contributed by atoms with Gasteiger partial charge in [-0.3, -0.25) is 4.79 Å². The van der Waals surface area contributed by atoms with Crippen LogP contribution >= 0.6 is 11.3 Å². The lowest BCUT2D eigenvalue weighted by atomic mass is 10.1. The van der Waals surface area contributed by atoms with E-state index < -0.39 is 0 Å². The number of nitrogens with one attached hydrogen (secondary N) is 2. The Bertz CT molecular complexity index is 356. The van der Waals surface area contributed by atoms with Gasteiger partial charge >= 0.3 is 0 Å². The Hall–Kier alpha value is -0.870. The highest BCUT2D eigenvalue weighted by Gasteiger charge is 2.17. The molecule has 2 heterocycles. The van der Waals surface area contributed by atoms with Crippen molar-refractivity contribution in [1.29, 1.82) is 0 Å². The molecule has 1 aromatic heterocycles. The fraction of sp³-hybridized carbons (Fsp3) is 0.583. The molecule has 0 spiro atoms. The molecule has 1 amide bonds. The van der Waals surface area contributed by atoms with Gasteiger partial charge in [-0.1, -0.05) is 0 Å². The summed E-state index contributed by atoms with van der Waals surface area (Å²) in [5.74, 6) is 0.157. The maximum Gasteiger partial charge on any atom is 0.221 e. The highest BCUT2D eigenvalue weighted by Crippen LogP contribution is 2.13. The molecule has 16 heavy (non-hydrogen) atoms. The molecular weight excluding hydrogens is 220 g/mol.